The van der Waals surface area contributed by atoms with Crippen LogP contribution in [0.4, 0.5) is 0 Å². The standard InChI is InChI=1S/C8H18NO3/c1-9(2)3-6(5-10)8(12)7(11)4-9/h6-8,10-12H,3-5H2,1-2H3/q+1. The minimum absolute atomic E-state index is 0.0556. The Labute approximate surface area is 72.6 Å². The van der Waals surface area contributed by atoms with E-state index in [9.17, 15) is 10.2 Å². The Hall–Kier alpha value is -0.160. The van der Waals surface area contributed by atoms with Crippen molar-refractivity contribution in [3.63, 3.8) is 0 Å². The third kappa shape index (κ3) is 1.95. The molecule has 0 aromatic carbocycles. The molecule has 4 nitrogen and oxygen atoms in total. The van der Waals surface area contributed by atoms with Crippen LogP contribution in [0.3, 0.4) is 0 Å². The number of quaternary nitrogens is 1. The fourth-order valence-electron chi connectivity index (χ4n) is 1.91. The highest BCUT2D eigenvalue weighted by Crippen LogP contribution is 2.20. The van der Waals surface area contributed by atoms with Gasteiger partial charge in [0.05, 0.1) is 39.3 Å². The molecule has 1 aliphatic heterocycles. The van der Waals surface area contributed by atoms with Gasteiger partial charge in [0, 0.05) is 0 Å². The summed E-state index contributed by atoms with van der Waals surface area (Å²) >= 11 is 0. The van der Waals surface area contributed by atoms with Crippen molar-refractivity contribution in [2.45, 2.75) is 12.2 Å². The molecule has 0 spiro atoms. The van der Waals surface area contributed by atoms with Gasteiger partial charge >= 0.3 is 0 Å². The first-order valence-electron chi connectivity index (χ1n) is 4.25. The van der Waals surface area contributed by atoms with Crippen LogP contribution in [0.5, 0.6) is 0 Å². The number of aliphatic hydroxyl groups is 3. The van der Waals surface area contributed by atoms with Gasteiger partial charge in [0.1, 0.15) is 12.6 Å². The normalized spacial score (nSPS) is 41.2. The zero-order chi connectivity index (χ0) is 9.35. The second kappa shape index (κ2) is 3.30. The maximum Gasteiger partial charge on any atom is 0.129 e. The second-order valence-corrected chi connectivity index (χ2v) is 4.30. The summed E-state index contributed by atoms with van der Waals surface area (Å²) in [7, 11) is 3.97. The molecule has 1 heterocycles. The Morgan fingerprint density at radius 1 is 1.25 bits per heavy atom. The van der Waals surface area contributed by atoms with Crippen LogP contribution in [0.25, 0.3) is 0 Å². The second-order valence-electron chi connectivity index (χ2n) is 4.30. The molecule has 72 valence electrons. The number of likely N-dealkylation sites (tertiary alicyclic amines) is 1. The number of aliphatic hydroxyl groups excluding tert-OH is 3. The maximum absolute atomic E-state index is 9.45. The predicted molar refractivity (Wildman–Crippen MR) is 44.4 cm³/mol. The topological polar surface area (TPSA) is 60.7 Å². The van der Waals surface area contributed by atoms with Crippen LogP contribution in [-0.2, 0) is 0 Å². The zero-order valence-corrected chi connectivity index (χ0v) is 7.64. The van der Waals surface area contributed by atoms with Gasteiger partial charge in [0.15, 0.2) is 0 Å². The Bertz CT molecular complexity index is 160. The third-order valence-electron chi connectivity index (χ3n) is 2.52. The number of hydrogen-bond donors (Lipinski definition) is 3. The quantitative estimate of drug-likeness (QED) is 0.422. The van der Waals surface area contributed by atoms with Crippen molar-refractivity contribution < 1.29 is 19.8 Å². The summed E-state index contributed by atoms with van der Waals surface area (Å²) in [4.78, 5) is 0. The summed E-state index contributed by atoms with van der Waals surface area (Å²) in [6.07, 6.45) is -1.47. The lowest BCUT2D eigenvalue weighted by molar-refractivity contribution is -0.903. The zero-order valence-electron chi connectivity index (χ0n) is 7.64. The van der Waals surface area contributed by atoms with E-state index < -0.39 is 12.2 Å². The van der Waals surface area contributed by atoms with Crippen molar-refractivity contribution >= 4 is 0 Å². The van der Waals surface area contributed by atoms with E-state index in [4.69, 9.17) is 5.11 Å². The first-order chi connectivity index (χ1) is 5.46. The molecule has 1 fully saturated rings. The van der Waals surface area contributed by atoms with Crippen molar-refractivity contribution in [3.8, 4) is 0 Å². The summed E-state index contributed by atoms with van der Waals surface area (Å²) in [5.74, 6) is -0.191. The summed E-state index contributed by atoms with van der Waals surface area (Å²) in [5, 5.41) is 27.8. The Morgan fingerprint density at radius 3 is 2.33 bits per heavy atom. The van der Waals surface area contributed by atoms with E-state index in [0.29, 0.717) is 17.6 Å². The molecule has 0 aromatic rings. The number of nitrogens with zero attached hydrogens (tertiary/aromatic N) is 1. The lowest BCUT2D eigenvalue weighted by atomic mass is 9.92. The summed E-state index contributed by atoms with van der Waals surface area (Å²) < 4.78 is 0.656. The Balaban J connectivity index is 2.65. The van der Waals surface area contributed by atoms with E-state index in [1.54, 1.807) is 0 Å². The van der Waals surface area contributed by atoms with Gasteiger partial charge < -0.3 is 19.8 Å². The SMILES string of the molecule is C[N+]1(C)CC(O)C(O)C(CO)C1. The van der Waals surface area contributed by atoms with E-state index in [1.165, 1.54) is 0 Å². The van der Waals surface area contributed by atoms with Gasteiger partial charge in [0.2, 0.25) is 0 Å². The molecule has 1 rings (SSSR count). The van der Waals surface area contributed by atoms with Crippen molar-refractivity contribution in [1.82, 2.24) is 0 Å². The van der Waals surface area contributed by atoms with Crippen LogP contribution in [0.15, 0.2) is 0 Å². The molecule has 12 heavy (non-hydrogen) atoms. The van der Waals surface area contributed by atoms with Gasteiger partial charge in [-0.2, -0.15) is 0 Å². The van der Waals surface area contributed by atoms with Gasteiger partial charge in [-0.1, -0.05) is 0 Å². The minimum atomic E-state index is -0.763. The molecule has 0 radical (unpaired) electrons. The monoisotopic (exact) mass is 176 g/mol. The van der Waals surface area contributed by atoms with Crippen molar-refractivity contribution in [3.05, 3.63) is 0 Å². The first-order valence-corrected chi connectivity index (χ1v) is 4.25. The van der Waals surface area contributed by atoms with Crippen molar-refractivity contribution in [1.29, 1.82) is 0 Å². The first kappa shape index (κ1) is 9.92. The Kier molecular flexibility index (Phi) is 2.73. The molecule has 3 atom stereocenters. The molecule has 1 saturated heterocycles. The molecule has 0 aliphatic carbocycles. The predicted octanol–water partition coefficient (Wildman–Crippen LogP) is -1.59. The summed E-state index contributed by atoms with van der Waals surface area (Å²) in [5.41, 5.74) is 0. The highest BCUT2D eigenvalue weighted by atomic mass is 16.3. The molecule has 3 N–H and O–H groups in total. The van der Waals surface area contributed by atoms with Gasteiger partial charge in [-0.15, -0.1) is 0 Å². The molecule has 0 aromatic heterocycles. The highest BCUT2D eigenvalue weighted by molar-refractivity contribution is 4.79. The van der Waals surface area contributed by atoms with Crippen LogP contribution in [0.1, 0.15) is 0 Å². The van der Waals surface area contributed by atoms with Crippen molar-refractivity contribution in [2.24, 2.45) is 5.92 Å². The number of likely N-dealkylation sites (N-methyl/N-ethyl adjacent to an activating group) is 1. The third-order valence-corrected chi connectivity index (χ3v) is 2.52. The molecule has 0 bridgehead atoms. The van der Waals surface area contributed by atoms with E-state index >= 15 is 0 Å². The van der Waals surface area contributed by atoms with Gasteiger partial charge in [0.25, 0.3) is 0 Å². The Morgan fingerprint density at radius 2 is 1.83 bits per heavy atom. The summed E-state index contributed by atoms with van der Waals surface area (Å²) in [6, 6.07) is 0. The minimum Gasteiger partial charge on any atom is -0.396 e. The van der Waals surface area contributed by atoms with Crippen LogP contribution in [0, 0.1) is 5.92 Å². The van der Waals surface area contributed by atoms with Crippen LogP contribution < -0.4 is 0 Å². The molecule has 0 saturated carbocycles. The maximum atomic E-state index is 9.45. The van der Waals surface area contributed by atoms with Gasteiger partial charge in [-0.3, -0.25) is 0 Å². The van der Waals surface area contributed by atoms with E-state index in [1.807, 2.05) is 14.1 Å². The molecule has 3 unspecified atom stereocenters. The van der Waals surface area contributed by atoms with Gasteiger partial charge in [-0.05, 0) is 0 Å². The van der Waals surface area contributed by atoms with Crippen LogP contribution in [0.2, 0.25) is 0 Å². The fourth-order valence-corrected chi connectivity index (χ4v) is 1.91. The molecular weight excluding hydrogens is 158 g/mol. The lowest BCUT2D eigenvalue weighted by Crippen LogP contribution is -2.60. The average Bonchev–Trinajstić information content (AvgIpc) is 1.96. The average molecular weight is 176 g/mol. The smallest absolute Gasteiger partial charge is 0.129 e. The van der Waals surface area contributed by atoms with Gasteiger partial charge in [-0.25, -0.2) is 0 Å². The van der Waals surface area contributed by atoms with Crippen LogP contribution in [-0.4, -0.2) is 65.8 Å². The number of hydrogen-bond acceptors (Lipinski definition) is 3. The van der Waals surface area contributed by atoms with Crippen LogP contribution >= 0.6 is 0 Å². The number of rotatable bonds is 1. The van der Waals surface area contributed by atoms with E-state index in [2.05, 4.69) is 0 Å². The largest absolute Gasteiger partial charge is 0.396 e. The molecule has 0 amide bonds. The molecule has 1 aliphatic rings. The lowest BCUT2D eigenvalue weighted by Gasteiger charge is -2.42. The molecular formula is C8H18NO3+. The van der Waals surface area contributed by atoms with E-state index in [-0.39, 0.29) is 12.5 Å². The summed E-state index contributed by atoms with van der Waals surface area (Å²) in [6.45, 7) is 1.21. The highest BCUT2D eigenvalue weighted by Gasteiger charge is 2.40. The molecule has 4 heteroatoms. The van der Waals surface area contributed by atoms with Crippen molar-refractivity contribution in [2.75, 3.05) is 33.8 Å². The fraction of sp³-hybridized carbons (Fsp3) is 1.00. The van der Waals surface area contributed by atoms with E-state index in [0.717, 1.165) is 0 Å². The number of piperidine rings is 1.